The summed E-state index contributed by atoms with van der Waals surface area (Å²) in [5, 5.41) is 16.5. The molecule has 30 heavy (non-hydrogen) atoms. The quantitative estimate of drug-likeness (QED) is 0.476. The molecule has 0 aliphatic carbocycles. The van der Waals surface area contributed by atoms with Gasteiger partial charge in [-0.3, -0.25) is 29.9 Å². The van der Waals surface area contributed by atoms with E-state index < -0.39 is 16.4 Å². The van der Waals surface area contributed by atoms with Crippen LogP contribution in [0.15, 0.2) is 34.4 Å². The van der Waals surface area contributed by atoms with Crippen molar-refractivity contribution in [3.8, 4) is 0 Å². The summed E-state index contributed by atoms with van der Waals surface area (Å²) in [7, 11) is 0. The van der Waals surface area contributed by atoms with Crippen molar-refractivity contribution in [2.24, 2.45) is 5.92 Å². The topological polar surface area (TPSA) is 121 Å². The van der Waals surface area contributed by atoms with Gasteiger partial charge in [-0.15, -0.1) is 11.3 Å². The maximum atomic E-state index is 12.8. The smallest absolute Gasteiger partial charge is 0.270 e. The van der Waals surface area contributed by atoms with E-state index in [-0.39, 0.29) is 11.3 Å². The van der Waals surface area contributed by atoms with Crippen molar-refractivity contribution in [3.63, 3.8) is 0 Å². The van der Waals surface area contributed by atoms with Gasteiger partial charge in [-0.25, -0.2) is 4.98 Å². The number of nitrogens with zero attached hydrogens (tertiary/aromatic N) is 3. The second-order valence-electron chi connectivity index (χ2n) is 7.59. The fourth-order valence-electron chi connectivity index (χ4n) is 3.59. The summed E-state index contributed by atoms with van der Waals surface area (Å²) in [5.74, 6) is 0.227. The van der Waals surface area contributed by atoms with Gasteiger partial charge in [-0.1, -0.05) is 6.92 Å². The molecule has 10 heteroatoms. The fourth-order valence-corrected chi connectivity index (χ4v) is 4.29. The van der Waals surface area contributed by atoms with Gasteiger partial charge in [0.1, 0.15) is 0 Å². The van der Waals surface area contributed by atoms with Gasteiger partial charge in [0.15, 0.2) is 5.13 Å². The minimum absolute atomic E-state index is 0.0687. The number of piperidine rings is 1. The van der Waals surface area contributed by atoms with E-state index in [1.807, 2.05) is 5.38 Å². The molecular weight excluding hydrogens is 406 g/mol. The average Bonchev–Trinajstić information content (AvgIpc) is 3.15. The molecule has 1 aromatic carbocycles. The Morgan fingerprint density at radius 1 is 1.37 bits per heavy atom. The van der Waals surface area contributed by atoms with E-state index in [0.717, 1.165) is 37.3 Å². The van der Waals surface area contributed by atoms with Crippen LogP contribution in [0.5, 0.6) is 0 Å². The lowest BCUT2D eigenvalue weighted by atomic mass is 9.99. The zero-order valence-electron chi connectivity index (χ0n) is 16.4. The van der Waals surface area contributed by atoms with Crippen molar-refractivity contribution in [1.82, 2.24) is 14.9 Å². The van der Waals surface area contributed by atoms with Gasteiger partial charge >= 0.3 is 0 Å². The first-order chi connectivity index (χ1) is 14.4. The van der Waals surface area contributed by atoms with Crippen molar-refractivity contribution in [1.29, 1.82) is 0 Å². The molecule has 1 fully saturated rings. The third kappa shape index (κ3) is 4.39. The lowest BCUT2D eigenvalue weighted by Gasteiger charge is -2.29. The molecule has 1 aliphatic rings. The Labute approximate surface area is 175 Å². The Kier molecular flexibility index (Phi) is 5.60. The highest BCUT2D eigenvalue weighted by Gasteiger charge is 2.19. The van der Waals surface area contributed by atoms with Crippen LogP contribution in [0.1, 0.15) is 35.8 Å². The molecular formula is C20H21N5O4S. The summed E-state index contributed by atoms with van der Waals surface area (Å²) in [6.45, 7) is 5.08. The number of nitro groups is 1. The standard InChI is InChI=1S/C20H21N5O4S/c1-12-4-6-24(7-5-12)10-13-11-30-20(21-13)23-19(27)16-9-18(26)22-17-3-2-14(25(28)29)8-15(16)17/h2-3,8-9,11-12H,4-7,10H2,1H3,(H,22,26)(H,21,23,27). The third-order valence-electron chi connectivity index (χ3n) is 5.32. The average molecular weight is 427 g/mol. The van der Waals surface area contributed by atoms with Crippen LogP contribution >= 0.6 is 11.3 Å². The minimum atomic E-state index is -0.541. The predicted octanol–water partition coefficient (Wildman–Crippen LogP) is 3.38. The molecule has 2 aromatic heterocycles. The number of aromatic nitrogens is 2. The first-order valence-corrected chi connectivity index (χ1v) is 10.6. The molecule has 156 valence electrons. The number of nitro benzene ring substituents is 1. The third-order valence-corrected chi connectivity index (χ3v) is 6.12. The molecule has 1 amide bonds. The van der Waals surface area contributed by atoms with Crippen LogP contribution in [-0.2, 0) is 6.54 Å². The van der Waals surface area contributed by atoms with Crippen LogP contribution in [0.25, 0.3) is 10.9 Å². The maximum Gasteiger partial charge on any atom is 0.270 e. The molecule has 0 unspecified atom stereocenters. The van der Waals surface area contributed by atoms with Gasteiger partial charge in [-0.05, 0) is 37.9 Å². The van der Waals surface area contributed by atoms with Crippen LogP contribution in [0.4, 0.5) is 10.8 Å². The number of fused-ring (bicyclic) bond motifs is 1. The van der Waals surface area contributed by atoms with E-state index in [0.29, 0.717) is 16.0 Å². The van der Waals surface area contributed by atoms with Crippen LogP contribution in [0.2, 0.25) is 0 Å². The Hall–Kier alpha value is -3.11. The molecule has 2 N–H and O–H groups in total. The minimum Gasteiger partial charge on any atom is -0.322 e. The number of carbonyl (C=O) groups is 1. The summed E-state index contributed by atoms with van der Waals surface area (Å²) in [6, 6.07) is 5.14. The summed E-state index contributed by atoms with van der Waals surface area (Å²) in [6.07, 6.45) is 2.35. The largest absolute Gasteiger partial charge is 0.322 e. The number of likely N-dealkylation sites (tertiary alicyclic amines) is 1. The van der Waals surface area contributed by atoms with Gasteiger partial charge < -0.3 is 4.98 Å². The maximum absolute atomic E-state index is 12.8. The molecule has 1 saturated heterocycles. The molecule has 3 heterocycles. The van der Waals surface area contributed by atoms with E-state index in [1.165, 1.54) is 42.4 Å². The van der Waals surface area contributed by atoms with E-state index in [9.17, 15) is 19.7 Å². The molecule has 0 spiro atoms. The first kappa shape index (κ1) is 20.2. The molecule has 1 aliphatic heterocycles. The normalized spacial score (nSPS) is 15.4. The first-order valence-electron chi connectivity index (χ1n) is 9.68. The number of rotatable bonds is 5. The summed E-state index contributed by atoms with van der Waals surface area (Å²) in [5.41, 5.74) is 0.699. The van der Waals surface area contributed by atoms with Crippen molar-refractivity contribution in [2.75, 3.05) is 18.4 Å². The van der Waals surface area contributed by atoms with Crippen LogP contribution in [-0.4, -0.2) is 38.8 Å². The van der Waals surface area contributed by atoms with Gasteiger partial charge in [0, 0.05) is 41.0 Å². The molecule has 3 aromatic rings. The van der Waals surface area contributed by atoms with Gasteiger partial charge in [0.25, 0.3) is 11.6 Å². The number of pyridine rings is 1. The summed E-state index contributed by atoms with van der Waals surface area (Å²) >= 11 is 1.32. The summed E-state index contributed by atoms with van der Waals surface area (Å²) < 4.78 is 0. The number of aromatic amines is 1. The molecule has 0 radical (unpaired) electrons. The Bertz CT molecular complexity index is 1160. The Morgan fingerprint density at radius 3 is 2.87 bits per heavy atom. The highest BCUT2D eigenvalue weighted by molar-refractivity contribution is 7.14. The van der Waals surface area contributed by atoms with Gasteiger partial charge in [0.05, 0.1) is 16.2 Å². The number of hydrogen-bond donors (Lipinski definition) is 2. The Morgan fingerprint density at radius 2 is 2.13 bits per heavy atom. The van der Waals surface area contributed by atoms with Crippen LogP contribution < -0.4 is 10.9 Å². The van der Waals surface area contributed by atoms with E-state index in [4.69, 9.17) is 0 Å². The zero-order valence-corrected chi connectivity index (χ0v) is 17.2. The monoisotopic (exact) mass is 427 g/mol. The SMILES string of the molecule is CC1CCN(Cc2csc(NC(=O)c3cc(=O)[nH]c4ccc([N+](=O)[O-])cc34)n2)CC1. The van der Waals surface area contributed by atoms with Crippen molar-refractivity contribution < 1.29 is 9.72 Å². The van der Waals surface area contributed by atoms with E-state index in [1.54, 1.807) is 0 Å². The number of H-pyrrole nitrogens is 1. The zero-order chi connectivity index (χ0) is 21.3. The number of anilines is 1. The highest BCUT2D eigenvalue weighted by atomic mass is 32.1. The van der Waals surface area contributed by atoms with Crippen molar-refractivity contribution >= 4 is 39.0 Å². The number of amides is 1. The lowest BCUT2D eigenvalue weighted by molar-refractivity contribution is -0.384. The van der Waals surface area contributed by atoms with Crippen molar-refractivity contribution in [3.05, 3.63) is 61.4 Å². The second-order valence-corrected chi connectivity index (χ2v) is 8.45. The molecule has 0 bridgehead atoms. The fraction of sp³-hybridized carbons (Fsp3) is 0.350. The lowest BCUT2D eigenvalue weighted by Crippen LogP contribution is -2.32. The summed E-state index contributed by atoms with van der Waals surface area (Å²) in [4.78, 5) is 44.7. The number of hydrogen-bond acceptors (Lipinski definition) is 7. The van der Waals surface area contributed by atoms with Crippen molar-refractivity contribution in [2.45, 2.75) is 26.3 Å². The van der Waals surface area contributed by atoms with Crippen LogP contribution in [0, 0.1) is 16.0 Å². The number of benzene rings is 1. The number of thiazole rings is 1. The molecule has 0 atom stereocenters. The number of non-ortho nitro benzene ring substituents is 1. The number of nitrogens with one attached hydrogen (secondary N) is 2. The second kappa shape index (κ2) is 8.33. The number of carbonyl (C=O) groups excluding carboxylic acids is 1. The molecule has 0 saturated carbocycles. The Balaban J connectivity index is 1.53. The van der Waals surface area contributed by atoms with Gasteiger partial charge in [-0.2, -0.15) is 0 Å². The molecule has 4 rings (SSSR count). The molecule has 9 nitrogen and oxygen atoms in total. The van der Waals surface area contributed by atoms with E-state index in [2.05, 4.69) is 27.1 Å². The van der Waals surface area contributed by atoms with Gasteiger partial charge in [0.2, 0.25) is 5.56 Å². The van der Waals surface area contributed by atoms with Crippen LogP contribution in [0.3, 0.4) is 0 Å². The van der Waals surface area contributed by atoms with E-state index >= 15 is 0 Å². The predicted molar refractivity (Wildman–Crippen MR) is 115 cm³/mol. The highest BCUT2D eigenvalue weighted by Crippen LogP contribution is 2.24.